The molecule has 4 fully saturated rings. The number of likely N-dealkylation sites (tertiary alicyclic amines) is 2. The molecule has 2 aromatic carbocycles. The molecule has 2 aromatic heterocycles. The highest BCUT2D eigenvalue weighted by molar-refractivity contribution is 6.23. The van der Waals surface area contributed by atoms with Gasteiger partial charge in [0.05, 0.1) is 28.3 Å². The van der Waals surface area contributed by atoms with Crippen LogP contribution in [0.3, 0.4) is 0 Å². The average molecular weight is 884 g/mol. The number of carbonyl (C=O) groups is 5. The van der Waals surface area contributed by atoms with Crippen molar-refractivity contribution in [1.82, 2.24) is 34.8 Å². The summed E-state index contributed by atoms with van der Waals surface area (Å²) in [6, 6.07) is 11.1. The molecule has 1 atom stereocenters. The van der Waals surface area contributed by atoms with Crippen LogP contribution in [0.25, 0.3) is 10.9 Å². The number of carbonyl (C=O) groups excluding carboxylic acids is 5. The molecule has 4 aromatic rings. The predicted molar refractivity (Wildman–Crippen MR) is 230 cm³/mol. The van der Waals surface area contributed by atoms with Gasteiger partial charge in [-0.3, -0.25) is 38.9 Å². The van der Waals surface area contributed by atoms with Crippen molar-refractivity contribution in [2.45, 2.75) is 89.1 Å². The predicted octanol–water partition coefficient (Wildman–Crippen LogP) is 5.35. The number of nitrogens with zero attached hydrogens (tertiary/aromatic N) is 7. The van der Waals surface area contributed by atoms with Crippen LogP contribution in [0.5, 0.6) is 0 Å². The molecule has 7 heterocycles. The summed E-state index contributed by atoms with van der Waals surface area (Å²) in [6.07, 6.45) is 3.62. The number of halogens is 3. The average Bonchev–Trinajstić information content (AvgIpc) is 3.80. The van der Waals surface area contributed by atoms with Crippen molar-refractivity contribution in [1.29, 1.82) is 0 Å². The zero-order chi connectivity index (χ0) is 45.1. The molecule has 3 N–H and O–H groups in total. The summed E-state index contributed by atoms with van der Waals surface area (Å²) < 4.78 is 41.8. The van der Waals surface area contributed by atoms with Gasteiger partial charge in [-0.2, -0.15) is 18.3 Å². The molecule has 18 heteroatoms. The van der Waals surface area contributed by atoms with Gasteiger partial charge in [0.1, 0.15) is 17.4 Å². The van der Waals surface area contributed by atoms with E-state index in [1.165, 1.54) is 6.07 Å². The Labute approximate surface area is 367 Å². The van der Waals surface area contributed by atoms with Gasteiger partial charge < -0.3 is 25.1 Å². The van der Waals surface area contributed by atoms with Crippen LogP contribution in [0, 0.1) is 5.41 Å². The van der Waals surface area contributed by atoms with E-state index in [0.717, 1.165) is 119 Å². The minimum absolute atomic E-state index is 0.0826. The van der Waals surface area contributed by atoms with Crippen LogP contribution < -0.4 is 15.5 Å². The minimum Gasteiger partial charge on any atom is -0.386 e. The SMILES string of the molecule is CC(C)(O)c1cc2nn(C3CCN(CCN4CCC5(CC4)CCN(c4ccc6c(c4)C(=O)N(C4CCC(=O)NC4=O)C6=O)CC5)CC3)cc2cc1NC(=O)c1cccc(C(F)(F)F)n1. The van der Waals surface area contributed by atoms with E-state index >= 15 is 0 Å². The fourth-order valence-electron chi connectivity index (χ4n) is 10.1. The highest BCUT2D eigenvalue weighted by Gasteiger charge is 2.45. The largest absolute Gasteiger partial charge is 0.433 e. The molecule has 1 spiro atoms. The summed E-state index contributed by atoms with van der Waals surface area (Å²) in [5, 5.41) is 21.5. The molecule has 0 saturated carbocycles. The van der Waals surface area contributed by atoms with Crippen molar-refractivity contribution >= 4 is 51.8 Å². The molecule has 338 valence electrons. The smallest absolute Gasteiger partial charge is 0.386 e. The number of rotatable bonds is 9. The van der Waals surface area contributed by atoms with E-state index in [4.69, 9.17) is 5.10 Å². The maximum absolute atomic E-state index is 13.4. The van der Waals surface area contributed by atoms with E-state index in [1.54, 1.807) is 38.1 Å². The third-order valence-corrected chi connectivity index (χ3v) is 14.0. The van der Waals surface area contributed by atoms with Gasteiger partial charge >= 0.3 is 6.18 Å². The van der Waals surface area contributed by atoms with Crippen molar-refractivity contribution in [3.8, 4) is 0 Å². The Kier molecular flexibility index (Phi) is 11.3. The Morgan fingerprint density at radius 1 is 0.859 bits per heavy atom. The number of amides is 5. The third-order valence-electron chi connectivity index (χ3n) is 14.0. The Morgan fingerprint density at radius 2 is 1.53 bits per heavy atom. The maximum atomic E-state index is 13.4. The summed E-state index contributed by atoms with van der Waals surface area (Å²) in [5.74, 6) is -2.82. The first-order chi connectivity index (χ1) is 30.4. The van der Waals surface area contributed by atoms with Gasteiger partial charge in [0, 0.05) is 74.2 Å². The number of hydrogen-bond acceptors (Lipinski definition) is 11. The first-order valence-corrected chi connectivity index (χ1v) is 22.1. The molecule has 5 aliphatic heterocycles. The Balaban J connectivity index is 0.745. The monoisotopic (exact) mass is 883 g/mol. The van der Waals surface area contributed by atoms with E-state index in [2.05, 4.69) is 30.3 Å². The fraction of sp³-hybridized carbons (Fsp3) is 0.500. The van der Waals surface area contributed by atoms with Gasteiger partial charge in [0.25, 0.3) is 17.7 Å². The van der Waals surface area contributed by atoms with Crippen LogP contribution in [-0.4, -0.2) is 123 Å². The number of benzene rings is 2. The van der Waals surface area contributed by atoms with Crippen LogP contribution in [-0.2, 0) is 21.4 Å². The van der Waals surface area contributed by atoms with Crippen LogP contribution >= 0.6 is 0 Å². The number of alkyl halides is 3. The summed E-state index contributed by atoms with van der Waals surface area (Å²) >= 11 is 0. The third kappa shape index (κ3) is 8.62. The molecule has 0 radical (unpaired) electrons. The number of nitrogens with one attached hydrogen (secondary N) is 2. The van der Waals surface area contributed by atoms with E-state index in [0.29, 0.717) is 22.2 Å². The molecule has 9 rings (SSSR count). The zero-order valence-electron chi connectivity index (χ0n) is 35.9. The van der Waals surface area contributed by atoms with Gasteiger partial charge in [0.15, 0.2) is 0 Å². The molecule has 4 saturated heterocycles. The van der Waals surface area contributed by atoms with Crippen molar-refractivity contribution in [2.24, 2.45) is 5.41 Å². The second-order valence-corrected chi connectivity index (χ2v) is 18.6. The quantitative estimate of drug-likeness (QED) is 0.185. The number of imide groups is 2. The van der Waals surface area contributed by atoms with Crippen molar-refractivity contribution in [2.75, 3.05) is 62.6 Å². The number of anilines is 2. The normalized spacial score (nSPS) is 21.5. The minimum atomic E-state index is -4.70. The lowest BCUT2D eigenvalue weighted by Crippen LogP contribution is -2.54. The molecule has 1 unspecified atom stereocenters. The second-order valence-electron chi connectivity index (χ2n) is 18.6. The number of aromatic nitrogens is 3. The number of piperidine rings is 4. The van der Waals surface area contributed by atoms with Gasteiger partial charge in [0.2, 0.25) is 11.8 Å². The number of aliphatic hydroxyl groups is 1. The van der Waals surface area contributed by atoms with Crippen LogP contribution in [0.15, 0.2) is 54.7 Å². The summed E-state index contributed by atoms with van der Waals surface area (Å²) in [4.78, 5) is 75.7. The Bertz CT molecular complexity index is 2510. The molecule has 5 amide bonds. The molecule has 0 bridgehead atoms. The summed E-state index contributed by atoms with van der Waals surface area (Å²) in [7, 11) is 0. The van der Waals surface area contributed by atoms with Crippen LogP contribution in [0.4, 0.5) is 24.5 Å². The Morgan fingerprint density at radius 3 is 2.20 bits per heavy atom. The van der Waals surface area contributed by atoms with Crippen molar-refractivity contribution in [3.05, 3.63) is 82.8 Å². The van der Waals surface area contributed by atoms with Crippen LogP contribution in [0.1, 0.15) is 114 Å². The molecular formula is C46H52F3N9O6. The topological polar surface area (TPSA) is 173 Å². The first-order valence-electron chi connectivity index (χ1n) is 22.1. The van der Waals surface area contributed by atoms with Crippen molar-refractivity contribution < 1.29 is 42.3 Å². The van der Waals surface area contributed by atoms with Gasteiger partial charge in [-0.15, -0.1) is 0 Å². The lowest BCUT2D eigenvalue weighted by Gasteiger charge is -2.47. The molecule has 5 aliphatic rings. The molecule has 64 heavy (non-hydrogen) atoms. The van der Waals surface area contributed by atoms with E-state index in [-0.39, 0.29) is 35.7 Å². The van der Waals surface area contributed by atoms with Gasteiger partial charge in [-0.05, 0) is 120 Å². The highest BCUT2D eigenvalue weighted by atomic mass is 19.4. The fourth-order valence-corrected chi connectivity index (χ4v) is 10.1. The van der Waals surface area contributed by atoms with E-state index in [9.17, 15) is 42.3 Å². The highest BCUT2D eigenvalue weighted by Crippen LogP contribution is 2.43. The number of fused-ring (bicyclic) bond motifs is 2. The van der Waals surface area contributed by atoms with Gasteiger partial charge in [-0.25, -0.2) is 4.98 Å². The first kappa shape index (κ1) is 43.5. The van der Waals surface area contributed by atoms with Gasteiger partial charge in [-0.1, -0.05) is 6.07 Å². The standard InChI is InChI=1S/C46H52F3N9O6/c1-44(2,64)33-26-35-28(24-36(33)51-40(60)34-4-3-5-38(50-34)46(47,48)49)27-57(53-35)29-10-16-54(17-11-29)22-23-55-18-12-45(13-19-55)14-20-56(21-15-45)30-6-7-31-32(25-30)43(63)58(42(31)62)37-8-9-39(59)52-41(37)61/h3-7,24-27,29,37,64H,8-23H2,1-2H3,(H,51,60)(H,52,59,61). The van der Waals surface area contributed by atoms with Crippen molar-refractivity contribution in [3.63, 3.8) is 0 Å². The number of pyridine rings is 1. The lowest BCUT2D eigenvalue weighted by atomic mass is 9.71. The lowest BCUT2D eigenvalue weighted by molar-refractivity contribution is -0.141. The van der Waals surface area contributed by atoms with E-state index in [1.807, 2.05) is 16.9 Å². The second kappa shape index (κ2) is 16.7. The molecular weight excluding hydrogens is 832 g/mol. The molecule has 15 nitrogen and oxygen atoms in total. The van der Waals surface area contributed by atoms with Crippen LogP contribution in [0.2, 0.25) is 0 Å². The van der Waals surface area contributed by atoms with E-state index < -0.39 is 53.0 Å². The number of hydrogen-bond donors (Lipinski definition) is 3. The maximum Gasteiger partial charge on any atom is 0.433 e. The summed E-state index contributed by atoms with van der Waals surface area (Å²) in [5.41, 5.74) is 0.125. The summed E-state index contributed by atoms with van der Waals surface area (Å²) in [6.45, 7) is 10.8. The zero-order valence-corrected chi connectivity index (χ0v) is 35.9. The molecule has 0 aliphatic carbocycles. The Hall–Kier alpha value is -5.72.